The zero-order valence-electron chi connectivity index (χ0n) is 10.1. The first kappa shape index (κ1) is 14.5. The van der Waals surface area contributed by atoms with Crippen molar-refractivity contribution < 1.29 is 9.66 Å². The average molecular weight is 315 g/mol. The number of benzene rings is 1. The molecule has 98 valence electrons. The van der Waals surface area contributed by atoms with E-state index in [9.17, 15) is 10.1 Å². The fourth-order valence-corrected chi connectivity index (χ4v) is 1.43. The monoisotopic (exact) mass is 314 g/mol. The zero-order valence-corrected chi connectivity index (χ0v) is 11.7. The highest BCUT2D eigenvalue weighted by Crippen LogP contribution is 2.26. The van der Waals surface area contributed by atoms with Gasteiger partial charge in [-0.3, -0.25) is 10.1 Å². The number of halogens is 1. The molecule has 1 aromatic rings. The standard InChI is InChI=1S/C12H15BrN2O3/c1-3-4-18-12-6-10(14-8-9(2)13)5-11(7-12)15(16)17/h5-7,14H,2-4,8H2,1H3. The van der Waals surface area contributed by atoms with Crippen molar-refractivity contribution in [1.82, 2.24) is 0 Å². The lowest BCUT2D eigenvalue weighted by atomic mass is 10.2. The van der Waals surface area contributed by atoms with E-state index in [1.54, 1.807) is 6.07 Å². The van der Waals surface area contributed by atoms with Crippen LogP contribution in [0.15, 0.2) is 29.3 Å². The first-order chi connectivity index (χ1) is 8.52. The number of nitro groups is 1. The molecule has 0 atom stereocenters. The number of nitro benzene ring substituents is 1. The number of rotatable bonds is 7. The SMILES string of the molecule is C=C(Br)CNc1cc(OCCC)cc([N+](=O)[O-])c1. The first-order valence-corrected chi connectivity index (χ1v) is 6.31. The van der Waals surface area contributed by atoms with Crippen molar-refractivity contribution in [2.75, 3.05) is 18.5 Å². The van der Waals surface area contributed by atoms with Gasteiger partial charge in [-0.15, -0.1) is 0 Å². The van der Waals surface area contributed by atoms with Gasteiger partial charge in [0.2, 0.25) is 0 Å². The van der Waals surface area contributed by atoms with Crippen LogP contribution in [0.25, 0.3) is 0 Å². The van der Waals surface area contributed by atoms with Gasteiger partial charge in [-0.2, -0.15) is 0 Å². The molecule has 1 rings (SSSR count). The lowest BCUT2D eigenvalue weighted by Gasteiger charge is -2.09. The van der Waals surface area contributed by atoms with Gasteiger partial charge < -0.3 is 10.1 Å². The Hall–Kier alpha value is -1.56. The molecule has 0 aliphatic heterocycles. The number of anilines is 1. The summed E-state index contributed by atoms with van der Waals surface area (Å²) < 4.78 is 6.18. The molecule has 18 heavy (non-hydrogen) atoms. The predicted octanol–water partition coefficient (Wildman–Crippen LogP) is 3.70. The van der Waals surface area contributed by atoms with E-state index in [1.165, 1.54) is 12.1 Å². The maximum atomic E-state index is 10.8. The molecule has 0 aliphatic carbocycles. The van der Waals surface area contributed by atoms with Crippen LogP contribution in [0.3, 0.4) is 0 Å². The Labute approximate surface area is 114 Å². The highest BCUT2D eigenvalue weighted by molar-refractivity contribution is 9.11. The van der Waals surface area contributed by atoms with Crippen molar-refractivity contribution in [1.29, 1.82) is 0 Å². The van der Waals surface area contributed by atoms with E-state index >= 15 is 0 Å². The van der Waals surface area contributed by atoms with Crippen LogP contribution in [0.5, 0.6) is 5.75 Å². The average Bonchev–Trinajstić information content (AvgIpc) is 2.33. The molecule has 0 amide bonds. The molecule has 0 saturated heterocycles. The van der Waals surface area contributed by atoms with Gasteiger partial charge in [0.15, 0.2) is 0 Å². The summed E-state index contributed by atoms with van der Waals surface area (Å²) in [4.78, 5) is 10.4. The van der Waals surface area contributed by atoms with Crippen LogP contribution >= 0.6 is 15.9 Å². The van der Waals surface area contributed by atoms with Crippen molar-refractivity contribution in [3.05, 3.63) is 39.4 Å². The van der Waals surface area contributed by atoms with Crippen LogP contribution in [-0.4, -0.2) is 18.1 Å². The molecule has 0 fully saturated rings. The lowest BCUT2D eigenvalue weighted by Crippen LogP contribution is -2.03. The first-order valence-electron chi connectivity index (χ1n) is 5.52. The smallest absolute Gasteiger partial charge is 0.275 e. The Kier molecular flexibility index (Phi) is 5.64. The molecule has 0 unspecified atom stereocenters. The van der Waals surface area contributed by atoms with Gasteiger partial charge in [0.05, 0.1) is 17.6 Å². The van der Waals surface area contributed by atoms with Crippen molar-refractivity contribution in [2.45, 2.75) is 13.3 Å². The molecule has 0 bridgehead atoms. The van der Waals surface area contributed by atoms with Crippen LogP contribution in [-0.2, 0) is 0 Å². The summed E-state index contributed by atoms with van der Waals surface area (Å²) in [5.41, 5.74) is 0.641. The highest BCUT2D eigenvalue weighted by Gasteiger charge is 2.10. The third kappa shape index (κ3) is 4.75. The molecular weight excluding hydrogens is 300 g/mol. The van der Waals surface area contributed by atoms with Gasteiger partial charge in [0.25, 0.3) is 5.69 Å². The number of hydrogen-bond donors (Lipinski definition) is 1. The Balaban J connectivity index is 2.90. The second kappa shape index (κ2) is 7.00. The Morgan fingerprint density at radius 3 is 2.83 bits per heavy atom. The summed E-state index contributed by atoms with van der Waals surface area (Å²) in [6.07, 6.45) is 0.851. The molecule has 0 saturated carbocycles. The van der Waals surface area contributed by atoms with Crippen LogP contribution in [0.1, 0.15) is 13.3 Å². The van der Waals surface area contributed by atoms with Gasteiger partial charge in [0.1, 0.15) is 5.75 Å². The summed E-state index contributed by atoms with van der Waals surface area (Å²) in [6, 6.07) is 4.62. The van der Waals surface area contributed by atoms with E-state index in [1.807, 2.05) is 6.92 Å². The van der Waals surface area contributed by atoms with Gasteiger partial charge in [-0.1, -0.05) is 29.4 Å². The van der Waals surface area contributed by atoms with Crippen LogP contribution in [0.4, 0.5) is 11.4 Å². The van der Waals surface area contributed by atoms with E-state index in [-0.39, 0.29) is 5.69 Å². The molecule has 0 radical (unpaired) electrons. The summed E-state index contributed by atoms with van der Waals surface area (Å²) >= 11 is 3.22. The van der Waals surface area contributed by atoms with E-state index in [0.29, 0.717) is 24.6 Å². The minimum Gasteiger partial charge on any atom is -0.493 e. The van der Waals surface area contributed by atoms with Crippen molar-refractivity contribution in [3.63, 3.8) is 0 Å². The molecule has 0 heterocycles. The third-order valence-corrected chi connectivity index (χ3v) is 2.34. The normalized spacial score (nSPS) is 9.89. The van der Waals surface area contributed by atoms with Crippen molar-refractivity contribution in [3.8, 4) is 5.75 Å². The quantitative estimate of drug-likeness (QED) is 0.615. The van der Waals surface area contributed by atoms with Crippen molar-refractivity contribution in [2.24, 2.45) is 0 Å². The van der Waals surface area contributed by atoms with E-state index in [0.717, 1.165) is 10.9 Å². The summed E-state index contributed by atoms with van der Waals surface area (Å²) in [5.74, 6) is 0.494. The molecule has 0 aliphatic rings. The van der Waals surface area contributed by atoms with Crippen LogP contribution in [0.2, 0.25) is 0 Å². The van der Waals surface area contributed by atoms with E-state index < -0.39 is 4.92 Å². The maximum Gasteiger partial charge on any atom is 0.275 e. The predicted molar refractivity (Wildman–Crippen MR) is 75.4 cm³/mol. The molecule has 1 N–H and O–H groups in total. The number of ether oxygens (including phenoxy) is 1. The Morgan fingerprint density at radius 1 is 1.56 bits per heavy atom. The van der Waals surface area contributed by atoms with Gasteiger partial charge in [0, 0.05) is 28.8 Å². The summed E-state index contributed by atoms with van der Waals surface area (Å²) in [7, 11) is 0. The third-order valence-electron chi connectivity index (χ3n) is 2.06. The largest absolute Gasteiger partial charge is 0.493 e. The topological polar surface area (TPSA) is 64.4 Å². The lowest BCUT2D eigenvalue weighted by molar-refractivity contribution is -0.384. The number of nitrogens with one attached hydrogen (secondary N) is 1. The molecule has 0 spiro atoms. The van der Waals surface area contributed by atoms with Crippen LogP contribution < -0.4 is 10.1 Å². The van der Waals surface area contributed by atoms with E-state index in [4.69, 9.17) is 4.74 Å². The van der Waals surface area contributed by atoms with Crippen molar-refractivity contribution >= 4 is 27.3 Å². The molecule has 1 aromatic carbocycles. The number of non-ortho nitro benzene ring substituents is 1. The van der Waals surface area contributed by atoms with Gasteiger partial charge in [-0.25, -0.2) is 0 Å². The second-order valence-electron chi connectivity index (χ2n) is 3.69. The number of hydrogen-bond acceptors (Lipinski definition) is 4. The minimum atomic E-state index is -0.438. The minimum absolute atomic E-state index is 0.00582. The van der Waals surface area contributed by atoms with E-state index in [2.05, 4.69) is 27.8 Å². The Bertz CT molecular complexity index is 449. The molecule has 0 aromatic heterocycles. The number of nitrogens with zero attached hydrogens (tertiary/aromatic N) is 1. The van der Waals surface area contributed by atoms with Gasteiger partial charge in [-0.05, 0) is 6.42 Å². The molecule has 5 nitrogen and oxygen atoms in total. The zero-order chi connectivity index (χ0) is 13.5. The second-order valence-corrected chi connectivity index (χ2v) is 4.81. The highest BCUT2D eigenvalue weighted by atomic mass is 79.9. The summed E-state index contributed by atoms with van der Waals surface area (Å²) in [5, 5.41) is 13.8. The maximum absolute atomic E-state index is 10.8. The van der Waals surface area contributed by atoms with Crippen LogP contribution in [0, 0.1) is 10.1 Å². The fraction of sp³-hybridized carbons (Fsp3) is 0.333. The fourth-order valence-electron chi connectivity index (χ4n) is 1.29. The molecular formula is C12H15BrN2O3. The Morgan fingerprint density at radius 2 is 2.28 bits per heavy atom. The molecule has 6 heteroatoms. The summed E-state index contributed by atoms with van der Waals surface area (Å²) in [6.45, 7) is 6.69. The van der Waals surface area contributed by atoms with Gasteiger partial charge >= 0.3 is 0 Å².